The summed E-state index contributed by atoms with van der Waals surface area (Å²) in [7, 11) is 0. The highest BCUT2D eigenvalue weighted by atomic mass is 32.2. The molecule has 0 radical (unpaired) electrons. The molecule has 2 heterocycles. The number of ether oxygens (including phenoxy) is 1. The van der Waals surface area contributed by atoms with E-state index in [2.05, 4.69) is 26.1 Å². The lowest BCUT2D eigenvalue weighted by molar-refractivity contribution is 0.0373. The minimum Gasteiger partial charge on any atom is -0.378 e. The fourth-order valence-electron chi connectivity index (χ4n) is 3.08. The van der Waals surface area contributed by atoms with Gasteiger partial charge in [-0.05, 0) is 31.6 Å². The predicted molar refractivity (Wildman–Crippen MR) is 88.9 cm³/mol. The number of nitrogens with one attached hydrogen (secondary N) is 1. The van der Waals surface area contributed by atoms with Crippen LogP contribution in [0.4, 0.5) is 4.79 Å². The molecule has 1 N–H and O–H groups in total. The van der Waals surface area contributed by atoms with Gasteiger partial charge in [-0.3, -0.25) is 0 Å². The van der Waals surface area contributed by atoms with E-state index in [1.54, 1.807) is 0 Å². The number of nitrogens with zero attached hydrogens (tertiary/aromatic N) is 1. The summed E-state index contributed by atoms with van der Waals surface area (Å²) in [6.45, 7) is 10.1. The molecule has 2 saturated heterocycles. The van der Waals surface area contributed by atoms with Crippen LogP contribution in [-0.2, 0) is 4.74 Å². The van der Waals surface area contributed by atoms with E-state index in [1.807, 2.05) is 16.7 Å². The topological polar surface area (TPSA) is 41.6 Å². The molecule has 0 aromatic heterocycles. The van der Waals surface area contributed by atoms with Crippen LogP contribution in [0.5, 0.6) is 0 Å². The fourth-order valence-corrected chi connectivity index (χ4v) is 3.89. The number of carbonyl (C=O) groups is 1. The van der Waals surface area contributed by atoms with Crippen molar-refractivity contribution in [2.75, 3.05) is 32.0 Å². The Morgan fingerprint density at radius 1 is 1.29 bits per heavy atom. The molecule has 0 spiro atoms. The lowest BCUT2D eigenvalue weighted by atomic mass is 9.90. The summed E-state index contributed by atoms with van der Waals surface area (Å²) in [4.78, 5) is 14.1. The monoisotopic (exact) mass is 314 g/mol. The van der Waals surface area contributed by atoms with E-state index in [4.69, 9.17) is 4.74 Å². The van der Waals surface area contributed by atoms with Crippen molar-refractivity contribution in [1.82, 2.24) is 10.2 Å². The number of carbonyl (C=O) groups excluding carboxylic acids is 1. The van der Waals surface area contributed by atoms with Crippen LogP contribution in [0.3, 0.4) is 0 Å². The van der Waals surface area contributed by atoms with Gasteiger partial charge in [0.1, 0.15) is 0 Å². The molecule has 0 aliphatic carbocycles. The Hall–Kier alpha value is -0.420. The molecular formula is C16H30N2O2S. The summed E-state index contributed by atoms with van der Waals surface area (Å²) in [5, 5.41) is 3.04. The second-order valence-corrected chi connectivity index (χ2v) is 8.99. The van der Waals surface area contributed by atoms with E-state index in [0.717, 1.165) is 44.8 Å². The van der Waals surface area contributed by atoms with E-state index in [1.165, 1.54) is 12.8 Å². The van der Waals surface area contributed by atoms with Crippen LogP contribution in [0.1, 0.15) is 46.5 Å². The second kappa shape index (κ2) is 7.73. The first-order valence-corrected chi connectivity index (χ1v) is 9.22. The molecule has 1 atom stereocenters. The maximum absolute atomic E-state index is 12.1. The molecule has 1 unspecified atom stereocenters. The molecule has 0 saturated carbocycles. The van der Waals surface area contributed by atoms with E-state index >= 15 is 0 Å². The van der Waals surface area contributed by atoms with Gasteiger partial charge in [-0.15, -0.1) is 0 Å². The molecule has 2 rings (SSSR count). The average molecular weight is 314 g/mol. The van der Waals surface area contributed by atoms with E-state index in [-0.39, 0.29) is 10.8 Å². The number of amides is 2. The number of piperidine rings is 1. The van der Waals surface area contributed by atoms with Crippen molar-refractivity contribution in [3.8, 4) is 0 Å². The van der Waals surface area contributed by atoms with Crippen LogP contribution >= 0.6 is 11.8 Å². The molecule has 0 aromatic carbocycles. The Balaban J connectivity index is 1.61. The summed E-state index contributed by atoms with van der Waals surface area (Å²) >= 11 is 1.89. The van der Waals surface area contributed by atoms with Crippen molar-refractivity contribution < 1.29 is 9.53 Å². The van der Waals surface area contributed by atoms with Crippen molar-refractivity contribution in [3.05, 3.63) is 0 Å². The van der Waals surface area contributed by atoms with Crippen molar-refractivity contribution in [2.24, 2.45) is 5.92 Å². The Kier molecular flexibility index (Phi) is 6.23. The number of likely N-dealkylation sites (tertiary alicyclic amines) is 1. The molecule has 4 nitrogen and oxygen atoms in total. The van der Waals surface area contributed by atoms with Crippen LogP contribution in [0.25, 0.3) is 0 Å². The van der Waals surface area contributed by atoms with Crippen LogP contribution < -0.4 is 5.32 Å². The molecule has 2 amide bonds. The van der Waals surface area contributed by atoms with Crippen LogP contribution in [0.2, 0.25) is 0 Å². The highest BCUT2D eigenvalue weighted by Gasteiger charge is 2.30. The van der Waals surface area contributed by atoms with Gasteiger partial charge in [-0.2, -0.15) is 11.8 Å². The molecular weight excluding hydrogens is 284 g/mol. The van der Waals surface area contributed by atoms with Crippen molar-refractivity contribution in [2.45, 2.75) is 57.3 Å². The zero-order chi connectivity index (χ0) is 15.3. The number of hydrogen-bond donors (Lipinski definition) is 1. The smallest absolute Gasteiger partial charge is 0.317 e. The normalized spacial score (nSPS) is 24.3. The number of thioether (sulfide) groups is 1. The van der Waals surface area contributed by atoms with Gasteiger partial charge >= 0.3 is 6.03 Å². The fraction of sp³-hybridized carbons (Fsp3) is 0.938. The van der Waals surface area contributed by atoms with Crippen LogP contribution in [0, 0.1) is 5.92 Å². The first-order chi connectivity index (χ1) is 9.96. The zero-order valence-corrected chi connectivity index (χ0v) is 14.5. The third-order valence-electron chi connectivity index (χ3n) is 4.23. The number of hydrogen-bond acceptors (Lipinski definition) is 3. The Labute approximate surface area is 133 Å². The molecule has 2 fully saturated rings. The summed E-state index contributed by atoms with van der Waals surface area (Å²) < 4.78 is 6.05. The average Bonchev–Trinajstić information content (AvgIpc) is 2.96. The lowest BCUT2D eigenvalue weighted by Crippen LogP contribution is -2.46. The molecule has 2 aliphatic heterocycles. The highest BCUT2D eigenvalue weighted by molar-refractivity contribution is 8.00. The number of rotatable bonds is 4. The predicted octanol–water partition coefficient (Wildman–Crippen LogP) is 3.12. The molecule has 21 heavy (non-hydrogen) atoms. The minimum absolute atomic E-state index is 0.107. The summed E-state index contributed by atoms with van der Waals surface area (Å²) in [5.74, 6) is 1.63. The Morgan fingerprint density at radius 3 is 2.57 bits per heavy atom. The first-order valence-electron chi connectivity index (χ1n) is 8.24. The Morgan fingerprint density at radius 2 is 2.00 bits per heavy atom. The van der Waals surface area contributed by atoms with E-state index < -0.39 is 0 Å². The Bertz CT molecular complexity index is 330. The van der Waals surface area contributed by atoms with Gasteiger partial charge in [0.05, 0.1) is 6.10 Å². The third-order valence-corrected chi connectivity index (χ3v) is 5.51. The summed E-state index contributed by atoms with van der Waals surface area (Å²) in [6, 6.07) is 0.107. The van der Waals surface area contributed by atoms with Crippen molar-refractivity contribution in [1.29, 1.82) is 0 Å². The first kappa shape index (κ1) is 16.9. The van der Waals surface area contributed by atoms with Crippen molar-refractivity contribution >= 4 is 17.8 Å². The molecule has 0 aromatic rings. The van der Waals surface area contributed by atoms with Gasteiger partial charge in [0.25, 0.3) is 0 Å². The van der Waals surface area contributed by atoms with E-state index in [0.29, 0.717) is 12.0 Å². The van der Waals surface area contributed by atoms with Gasteiger partial charge in [-0.1, -0.05) is 20.8 Å². The van der Waals surface area contributed by atoms with E-state index in [9.17, 15) is 4.79 Å². The summed E-state index contributed by atoms with van der Waals surface area (Å²) in [5.41, 5.74) is 0. The van der Waals surface area contributed by atoms with Gasteiger partial charge < -0.3 is 15.0 Å². The number of urea groups is 1. The van der Waals surface area contributed by atoms with Gasteiger partial charge in [0.15, 0.2) is 0 Å². The maximum atomic E-state index is 12.1. The SMILES string of the molecule is CC(C)(C)SCCNC(=O)N1CCC(C2CCCO2)CC1. The van der Waals surface area contributed by atoms with Gasteiger partial charge in [0, 0.05) is 36.7 Å². The van der Waals surface area contributed by atoms with Crippen molar-refractivity contribution in [3.63, 3.8) is 0 Å². The maximum Gasteiger partial charge on any atom is 0.317 e. The van der Waals surface area contributed by atoms with Crippen LogP contribution in [0.15, 0.2) is 0 Å². The molecule has 122 valence electrons. The molecule has 0 bridgehead atoms. The summed E-state index contributed by atoms with van der Waals surface area (Å²) in [6.07, 6.45) is 5.06. The van der Waals surface area contributed by atoms with Gasteiger partial charge in [0.2, 0.25) is 0 Å². The third kappa shape index (κ3) is 5.70. The molecule has 5 heteroatoms. The quantitative estimate of drug-likeness (QED) is 0.811. The second-order valence-electron chi connectivity index (χ2n) is 7.07. The van der Waals surface area contributed by atoms with Gasteiger partial charge in [-0.25, -0.2) is 4.79 Å². The highest BCUT2D eigenvalue weighted by Crippen LogP contribution is 2.28. The zero-order valence-electron chi connectivity index (χ0n) is 13.7. The standard InChI is InChI=1S/C16H30N2O2S/c1-16(2,3)21-12-8-17-15(19)18-9-6-13(7-10-18)14-5-4-11-20-14/h13-14H,4-12H2,1-3H3,(H,17,19). The molecule has 2 aliphatic rings. The van der Waals surface area contributed by atoms with Crippen LogP contribution in [-0.4, -0.2) is 53.8 Å². The largest absolute Gasteiger partial charge is 0.378 e. The lowest BCUT2D eigenvalue weighted by Gasteiger charge is -2.34. The minimum atomic E-state index is 0.107.